The van der Waals surface area contributed by atoms with Crippen LogP contribution in [0.5, 0.6) is 11.5 Å². The fourth-order valence-electron chi connectivity index (χ4n) is 1.73. The standard InChI is InChI=1S/C17H25NO2/c1-5-7-8-11-20-16-10-9-15(13-18-14(3)4)12-17(16)19-6-2/h1,9-10,12,14,18H,6-8,11,13H2,2-4H3. The van der Waals surface area contributed by atoms with Crippen LogP contribution < -0.4 is 14.8 Å². The Morgan fingerprint density at radius 3 is 2.70 bits per heavy atom. The zero-order chi connectivity index (χ0) is 14.8. The first-order chi connectivity index (χ1) is 9.67. The lowest BCUT2D eigenvalue weighted by molar-refractivity contribution is 0.274. The predicted octanol–water partition coefficient (Wildman–Crippen LogP) is 3.38. The number of rotatable bonds is 9. The van der Waals surface area contributed by atoms with Gasteiger partial charge in [0.1, 0.15) is 0 Å². The first-order valence-corrected chi connectivity index (χ1v) is 7.22. The summed E-state index contributed by atoms with van der Waals surface area (Å²) in [5.41, 5.74) is 1.19. The van der Waals surface area contributed by atoms with Crippen molar-refractivity contribution in [3.63, 3.8) is 0 Å². The van der Waals surface area contributed by atoms with Crippen LogP contribution in [-0.4, -0.2) is 19.3 Å². The van der Waals surface area contributed by atoms with Crippen LogP contribution in [0.4, 0.5) is 0 Å². The highest BCUT2D eigenvalue weighted by Crippen LogP contribution is 2.28. The molecule has 0 unspecified atom stereocenters. The number of terminal acetylenes is 1. The van der Waals surface area contributed by atoms with Crippen LogP contribution in [0.15, 0.2) is 18.2 Å². The van der Waals surface area contributed by atoms with E-state index in [2.05, 4.69) is 31.2 Å². The van der Waals surface area contributed by atoms with Crippen LogP contribution in [-0.2, 0) is 6.54 Å². The van der Waals surface area contributed by atoms with Crippen molar-refractivity contribution in [2.75, 3.05) is 13.2 Å². The highest BCUT2D eigenvalue weighted by molar-refractivity contribution is 5.43. The molecule has 0 heterocycles. The summed E-state index contributed by atoms with van der Waals surface area (Å²) in [4.78, 5) is 0. The van der Waals surface area contributed by atoms with Crippen LogP contribution in [0.3, 0.4) is 0 Å². The summed E-state index contributed by atoms with van der Waals surface area (Å²) in [5, 5.41) is 3.39. The van der Waals surface area contributed by atoms with E-state index in [1.165, 1.54) is 5.56 Å². The molecule has 110 valence electrons. The van der Waals surface area contributed by atoms with E-state index in [-0.39, 0.29) is 0 Å². The van der Waals surface area contributed by atoms with Crippen LogP contribution >= 0.6 is 0 Å². The number of ether oxygens (including phenoxy) is 2. The number of hydrogen-bond acceptors (Lipinski definition) is 3. The summed E-state index contributed by atoms with van der Waals surface area (Å²) in [5.74, 6) is 4.20. The van der Waals surface area contributed by atoms with Gasteiger partial charge in [0.2, 0.25) is 0 Å². The van der Waals surface area contributed by atoms with E-state index >= 15 is 0 Å². The summed E-state index contributed by atoms with van der Waals surface area (Å²) >= 11 is 0. The maximum atomic E-state index is 5.73. The average Bonchev–Trinajstić information content (AvgIpc) is 2.43. The Kier molecular flexibility index (Phi) is 7.60. The fourth-order valence-corrected chi connectivity index (χ4v) is 1.73. The van der Waals surface area contributed by atoms with Gasteiger partial charge in [0.15, 0.2) is 11.5 Å². The Balaban J connectivity index is 2.66. The number of unbranched alkanes of at least 4 members (excludes halogenated alkanes) is 1. The molecule has 0 saturated carbocycles. The monoisotopic (exact) mass is 275 g/mol. The summed E-state index contributed by atoms with van der Waals surface area (Å²) in [6.45, 7) is 8.31. The Morgan fingerprint density at radius 2 is 2.05 bits per heavy atom. The molecule has 0 aromatic heterocycles. The molecule has 0 bridgehead atoms. The molecule has 0 aliphatic heterocycles. The first kappa shape index (κ1) is 16.4. The van der Waals surface area contributed by atoms with Crippen molar-refractivity contribution in [2.24, 2.45) is 0 Å². The number of benzene rings is 1. The van der Waals surface area contributed by atoms with Gasteiger partial charge in [-0.25, -0.2) is 0 Å². The molecule has 3 heteroatoms. The third-order valence-corrected chi connectivity index (χ3v) is 2.75. The quantitative estimate of drug-likeness (QED) is 0.553. The van der Waals surface area contributed by atoms with E-state index in [4.69, 9.17) is 15.9 Å². The summed E-state index contributed by atoms with van der Waals surface area (Å²) < 4.78 is 11.4. The van der Waals surface area contributed by atoms with Crippen molar-refractivity contribution in [1.82, 2.24) is 5.32 Å². The van der Waals surface area contributed by atoms with Crippen molar-refractivity contribution in [3.8, 4) is 23.8 Å². The van der Waals surface area contributed by atoms with Gasteiger partial charge >= 0.3 is 0 Å². The van der Waals surface area contributed by atoms with E-state index < -0.39 is 0 Å². The van der Waals surface area contributed by atoms with Gasteiger partial charge in [-0.3, -0.25) is 0 Å². The molecule has 0 radical (unpaired) electrons. The second-order valence-corrected chi connectivity index (χ2v) is 4.91. The molecule has 0 atom stereocenters. The van der Waals surface area contributed by atoms with E-state index in [9.17, 15) is 0 Å². The third-order valence-electron chi connectivity index (χ3n) is 2.75. The van der Waals surface area contributed by atoms with Crippen LogP contribution in [0.1, 0.15) is 39.2 Å². The van der Waals surface area contributed by atoms with Gasteiger partial charge in [-0.15, -0.1) is 12.3 Å². The molecule has 1 aromatic rings. The predicted molar refractivity (Wildman–Crippen MR) is 83.1 cm³/mol. The largest absolute Gasteiger partial charge is 0.490 e. The van der Waals surface area contributed by atoms with Gasteiger partial charge < -0.3 is 14.8 Å². The van der Waals surface area contributed by atoms with Crippen molar-refractivity contribution >= 4 is 0 Å². The zero-order valence-corrected chi connectivity index (χ0v) is 12.7. The van der Waals surface area contributed by atoms with E-state index in [1.807, 2.05) is 19.1 Å². The van der Waals surface area contributed by atoms with Crippen molar-refractivity contribution < 1.29 is 9.47 Å². The highest BCUT2D eigenvalue weighted by atomic mass is 16.5. The molecule has 1 rings (SSSR count). The topological polar surface area (TPSA) is 30.5 Å². The molecule has 0 spiro atoms. The third kappa shape index (κ3) is 5.99. The van der Waals surface area contributed by atoms with Crippen molar-refractivity contribution in [1.29, 1.82) is 0 Å². The molecular formula is C17H25NO2. The smallest absolute Gasteiger partial charge is 0.161 e. The molecule has 20 heavy (non-hydrogen) atoms. The maximum absolute atomic E-state index is 5.73. The van der Waals surface area contributed by atoms with E-state index in [0.29, 0.717) is 19.3 Å². The molecule has 0 aliphatic rings. The summed E-state index contributed by atoms with van der Waals surface area (Å²) in [7, 11) is 0. The molecule has 0 saturated heterocycles. The SMILES string of the molecule is C#CCCCOc1ccc(CNC(C)C)cc1OCC. The minimum absolute atomic E-state index is 0.463. The molecule has 0 amide bonds. The minimum atomic E-state index is 0.463. The Hall–Kier alpha value is -1.66. The Morgan fingerprint density at radius 1 is 1.25 bits per heavy atom. The highest BCUT2D eigenvalue weighted by Gasteiger charge is 2.07. The summed E-state index contributed by atoms with van der Waals surface area (Å²) in [6.07, 6.45) is 6.82. The minimum Gasteiger partial charge on any atom is -0.490 e. The van der Waals surface area contributed by atoms with Gasteiger partial charge in [0.25, 0.3) is 0 Å². The second-order valence-electron chi connectivity index (χ2n) is 4.91. The van der Waals surface area contributed by atoms with Crippen LogP contribution in [0, 0.1) is 12.3 Å². The van der Waals surface area contributed by atoms with E-state index in [0.717, 1.165) is 30.9 Å². The molecule has 3 nitrogen and oxygen atoms in total. The lowest BCUT2D eigenvalue weighted by Crippen LogP contribution is -2.21. The van der Waals surface area contributed by atoms with Crippen molar-refractivity contribution in [3.05, 3.63) is 23.8 Å². The zero-order valence-electron chi connectivity index (χ0n) is 12.7. The summed E-state index contributed by atoms with van der Waals surface area (Å²) in [6, 6.07) is 6.53. The molecule has 0 aliphatic carbocycles. The average molecular weight is 275 g/mol. The second kappa shape index (κ2) is 9.28. The lowest BCUT2D eigenvalue weighted by atomic mass is 10.2. The molecule has 0 fully saturated rings. The molecular weight excluding hydrogens is 250 g/mol. The van der Waals surface area contributed by atoms with Gasteiger partial charge in [-0.05, 0) is 31.0 Å². The first-order valence-electron chi connectivity index (χ1n) is 7.22. The molecule has 1 aromatic carbocycles. The van der Waals surface area contributed by atoms with Gasteiger partial charge in [0.05, 0.1) is 13.2 Å². The molecule has 1 N–H and O–H groups in total. The number of nitrogens with one attached hydrogen (secondary N) is 1. The van der Waals surface area contributed by atoms with Crippen LogP contribution in [0.2, 0.25) is 0 Å². The van der Waals surface area contributed by atoms with Gasteiger partial charge in [-0.2, -0.15) is 0 Å². The van der Waals surface area contributed by atoms with Crippen LogP contribution in [0.25, 0.3) is 0 Å². The van der Waals surface area contributed by atoms with E-state index in [1.54, 1.807) is 0 Å². The lowest BCUT2D eigenvalue weighted by Gasteiger charge is -2.14. The van der Waals surface area contributed by atoms with Gasteiger partial charge in [0, 0.05) is 19.0 Å². The Labute approximate surface area is 122 Å². The Bertz CT molecular complexity index is 435. The maximum Gasteiger partial charge on any atom is 0.161 e. The van der Waals surface area contributed by atoms with Crippen molar-refractivity contribution in [2.45, 2.75) is 46.2 Å². The fraction of sp³-hybridized carbons (Fsp3) is 0.529. The number of hydrogen-bond donors (Lipinski definition) is 1. The van der Waals surface area contributed by atoms with Gasteiger partial charge in [-0.1, -0.05) is 19.9 Å². The normalized spacial score (nSPS) is 10.3.